The van der Waals surface area contributed by atoms with Gasteiger partial charge in [-0.3, -0.25) is 0 Å². The summed E-state index contributed by atoms with van der Waals surface area (Å²) >= 11 is 15.6. The normalized spacial score (nSPS) is 12.4. The lowest BCUT2D eigenvalue weighted by molar-refractivity contribution is 0.598. The Hall–Kier alpha value is -0.540. The van der Waals surface area contributed by atoms with Gasteiger partial charge in [0.1, 0.15) is 0 Å². The van der Waals surface area contributed by atoms with Gasteiger partial charge in [-0.25, -0.2) is 0 Å². The van der Waals surface area contributed by atoms with Crippen molar-refractivity contribution >= 4 is 39.1 Å². The van der Waals surface area contributed by atoms with E-state index in [2.05, 4.69) is 40.3 Å². The monoisotopic (exact) mass is 371 g/mol. The minimum Gasteiger partial charge on any atom is -0.306 e. The Morgan fingerprint density at radius 2 is 1.65 bits per heavy atom. The van der Waals surface area contributed by atoms with Crippen LogP contribution in [0.15, 0.2) is 46.9 Å². The average Bonchev–Trinajstić information content (AvgIpc) is 2.45. The first-order valence-electron chi connectivity index (χ1n) is 6.55. The van der Waals surface area contributed by atoms with Crippen LogP contribution in [0.1, 0.15) is 30.5 Å². The summed E-state index contributed by atoms with van der Waals surface area (Å²) in [6, 6.07) is 14.2. The Labute approximate surface area is 138 Å². The molecule has 1 atom stereocenters. The van der Waals surface area contributed by atoms with Crippen molar-refractivity contribution in [3.63, 3.8) is 0 Å². The molecule has 1 N–H and O–H groups in total. The molecule has 0 aromatic heterocycles. The predicted octanol–water partition coefficient (Wildman–Crippen LogP) is 5.84. The molecule has 0 amide bonds. The zero-order valence-electron chi connectivity index (χ0n) is 11.2. The Kier molecular flexibility index (Phi) is 5.91. The minimum atomic E-state index is 0.123. The molecule has 0 spiro atoms. The second-order valence-corrected chi connectivity index (χ2v) is 6.34. The Morgan fingerprint density at radius 1 is 1.00 bits per heavy atom. The molecule has 0 radical (unpaired) electrons. The van der Waals surface area contributed by atoms with Gasteiger partial charge in [0.25, 0.3) is 0 Å². The first-order valence-corrected chi connectivity index (χ1v) is 8.10. The van der Waals surface area contributed by atoms with E-state index in [-0.39, 0.29) is 6.04 Å². The third-order valence-electron chi connectivity index (χ3n) is 3.08. The molecule has 0 aliphatic carbocycles. The molecule has 1 nitrogen and oxygen atoms in total. The minimum absolute atomic E-state index is 0.123. The van der Waals surface area contributed by atoms with E-state index in [1.54, 1.807) is 0 Å². The van der Waals surface area contributed by atoms with Crippen molar-refractivity contribution in [1.82, 2.24) is 5.32 Å². The molecule has 4 heteroatoms. The highest BCUT2D eigenvalue weighted by Gasteiger charge is 2.14. The topological polar surface area (TPSA) is 12.0 Å². The van der Waals surface area contributed by atoms with Crippen molar-refractivity contribution < 1.29 is 0 Å². The molecule has 2 aromatic carbocycles. The number of nitrogens with one attached hydrogen (secondary N) is 1. The fraction of sp³-hybridized carbons (Fsp3) is 0.250. The quantitative estimate of drug-likeness (QED) is 0.694. The highest BCUT2D eigenvalue weighted by Crippen LogP contribution is 2.29. The van der Waals surface area contributed by atoms with E-state index in [1.165, 1.54) is 5.56 Å². The molecular formula is C16H16BrCl2N. The van der Waals surface area contributed by atoms with Crippen molar-refractivity contribution in [2.45, 2.75) is 19.4 Å². The lowest BCUT2D eigenvalue weighted by Gasteiger charge is -2.20. The molecule has 0 aliphatic rings. The van der Waals surface area contributed by atoms with E-state index in [0.717, 1.165) is 23.0 Å². The summed E-state index contributed by atoms with van der Waals surface area (Å²) < 4.78 is 1.07. The maximum Gasteiger partial charge on any atom is 0.0595 e. The SMILES string of the molecule is CCCNC(c1ccc(Br)cc1)c1ccc(Cl)c(Cl)c1. The van der Waals surface area contributed by atoms with Gasteiger partial charge >= 0.3 is 0 Å². The summed E-state index contributed by atoms with van der Waals surface area (Å²) in [5.41, 5.74) is 2.33. The van der Waals surface area contributed by atoms with Gasteiger partial charge in [-0.2, -0.15) is 0 Å². The van der Waals surface area contributed by atoms with Gasteiger partial charge in [0.15, 0.2) is 0 Å². The van der Waals surface area contributed by atoms with E-state index in [1.807, 2.05) is 30.3 Å². The second-order valence-electron chi connectivity index (χ2n) is 4.61. The first-order chi connectivity index (χ1) is 9.61. The largest absolute Gasteiger partial charge is 0.306 e. The maximum atomic E-state index is 6.14. The highest BCUT2D eigenvalue weighted by atomic mass is 79.9. The van der Waals surface area contributed by atoms with Crippen molar-refractivity contribution in [3.05, 3.63) is 68.1 Å². The number of benzene rings is 2. The Bertz CT molecular complexity index is 569. The van der Waals surface area contributed by atoms with Gasteiger partial charge in [-0.1, -0.05) is 64.3 Å². The number of rotatable bonds is 5. The van der Waals surface area contributed by atoms with Crippen molar-refractivity contribution in [3.8, 4) is 0 Å². The van der Waals surface area contributed by atoms with Gasteiger partial charge < -0.3 is 5.32 Å². The third-order valence-corrected chi connectivity index (χ3v) is 4.35. The molecule has 0 heterocycles. The molecule has 0 saturated carbocycles. The molecular weight excluding hydrogens is 357 g/mol. The van der Waals surface area contributed by atoms with Crippen molar-refractivity contribution in [1.29, 1.82) is 0 Å². The molecule has 0 fully saturated rings. The van der Waals surface area contributed by atoms with Crippen LogP contribution in [0.3, 0.4) is 0 Å². The van der Waals surface area contributed by atoms with Gasteiger partial charge in [-0.05, 0) is 48.4 Å². The Balaban J connectivity index is 2.35. The third kappa shape index (κ3) is 3.98. The van der Waals surface area contributed by atoms with Crippen LogP contribution in [0.2, 0.25) is 10.0 Å². The van der Waals surface area contributed by atoms with Crippen LogP contribution in [-0.4, -0.2) is 6.54 Å². The molecule has 0 bridgehead atoms. The fourth-order valence-corrected chi connectivity index (χ4v) is 2.63. The molecule has 20 heavy (non-hydrogen) atoms. The van der Waals surface area contributed by atoms with Crippen LogP contribution in [0, 0.1) is 0 Å². The van der Waals surface area contributed by atoms with E-state index in [4.69, 9.17) is 23.2 Å². The second kappa shape index (κ2) is 7.46. The van der Waals surface area contributed by atoms with E-state index >= 15 is 0 Å². The average molecular weight is 373 g/mol. The Morgan fingerprint density at radius 3 is 2.25 bits per heavy atom. The smallest absolute Gasteiger partial charge is 0.0595 e. The molecule has 106 valence electrons. The van der Waals surface area contributed by atoms with Gasteiger partial charge in [0.2, 0.25) is 0 Å². The highest BCUT2D eigenvalue weighted by molar-refractivity contribution is 9.10. The predicted molar refractivity (Wildman–Crippen MR) is 90.7 cm³/mol. The van der Waals surface area contributed by atoms with E-state index in [9.17, 15) is 0 Å². The van der Waals surface area contributed by atoms with Crippen molar-refractivity contribution in [2.24, 2.45) is 0 Å². The van der Waals surface area contributed by atoms with Gasteiger partial charge in [0.05, 0.1) is 16.1 Å². The molecule has 2 aromatic rings. The summed E-state index contributed by atoms with van der Waals surface area (Å²) in [7, 11) is 0. The molecule has 0 aliphatic heterocycles. The van der Waals surface area contributed by atoms with E-state index < -0.39 is 0 Å². The van der Waals surface area contributed by atoms with Gasteiger partial charge in [-0.15, -0.1) is 0 Å². The summed E-state index contributed by atoms with van der Waals surface area (Å²) in [6.07, 6.45) is 1.08. The number of hydrogen-bond acceptors (Lipinski definition) is 1. The molecule has 1 unspecified atom stereocenters. The zero-order valence-corrected chi connectivity index (χ0v) is 14.3. The van der Waals surface area contributed by atoms with Crippen LogP contribution < -0.4 is 5.32 Å². The summed E-state index contributed by atoms with van der Waals surface area (Å²) in [4.78, 5) is 0. The van der Waals surface area contributed by atoms with Crippen LogP contribution >= 0.6 is 39.1 Å². The van der Waals surface area contributed by atoms with Crippen molar-refractivity contribution in [2.75, 3.05) is 6.54 Å². The number of hydrogen-bond donors (Lipinski definition) is 1. The number of halogens is 3. The van der Waals surface area contributed by atoms with Crippen LogP contribution in [0.25, 0.3) is 0 Å². The van der Waals surface area contributed by atoms with Crippen LogP contribution in [-0.2, 0) is 0 Å². The lowest BCUT2D eigenvalue weighted by atomic mass is 9.98. The summed E-state index contributed by atoms with van der Waals surface area (Å²) in [5, 5.41) is 4.72. The molecule has 2 rings (SSSR count). The first kappa shape index (κ1) is 15.8. The standard InChI is InChI=1S/C16H16BrCl2N/c1-2-9-20-16(11-3-6-13(17)7-4-11)12-5-8-14(18)15(19)10-12/h3-8,10,16,20H,2,9H2,1H3. The van der Waals surface area contributed by atoms with Crippen LogP contribution in [0.4, 0.5) is 0 Å². The lowest BCUT2D eigenvalue weighted by Crippen LogP contribution is -2.23. The van der Waals surface area contributed by atoms with E-state index in [0.29, 0.717) is 10.0 Å². The maximum absolute atomic E-state index is 6.14. The summed E-state index contributed by atoms with van der Waals surface area (Å²) in [6.45, 7) is 3.10. The summed E-state index contributed by atoms with van der Waals surface area (Å²) in [5.74, 6) is 0. The molecule has 0 saturated heterocycles. The van der Waals surface area contributed by atoms with Gasteiger partial charge in [0, 0.05) is 4.47 Å². The fourth-order valence-electron chi connectivity index (χ4n) is 2.06. The van der Waals surface area contributed by atoms with Crippen LogP contribution in [0.5, 0.6) is 0 Å². The zero-order chi connectivity index (χ0) is 14.5.